The minimum atomic E-state index is -0.653. The molecule has 0 heterocycles. The maximum Gasteiger partial charge on any atom is 0.243 e. The Morgan fingerprint density at radius 2 is 1.43 bits per heavy atom. The molecule has 5 N–H and O–H groups in total. The van der Waals surface area contributed by atoms with E-state index in [4.69, 9.17) is 10.5 Å². The molecule has 1 atom stereocenters. The first kappa shape index (κ1) is 30.0. The van der Waals surface area contributed by atoms with Crippen molar-refractivity contribution in [1.82, 2.24) is 16.0 Å². The number of hydrogen-bond acceptors (Lipinski definition) is 5. The lowest BCUT2D eigenvalue weighted by atomic mass is 10.0. The number of ether oxygens (including phenoxy) is 1. The molecule has 0 aromatic heterocycles. The summed E-state index contributed by atoms with van der Waals surface area (Å²) in [5.41, 5.74) is 9.89. The number of amides is 2. The first-order valence-corrected chi connectivity index (χ1v) is 12.4. The Kier molecular flexibility index (Phi) is 14.0. The molecule has 3 aromatic rings. The summed E-state index contributed by atoms with van der Waals surface area (Å²) in [5.74, 6) is -0.396. The van der Waals surface area contributed by atoms with Crippen LogP contribution in [0, 0.1) is 0 Å². The van der Waals surface area contributed by atoms with Crippen LogP contribution < -0.4 is 21.7 Å². The van der Waals surface area contributed by atoms with Crippen LogP contribution in [0.2, 0.25) is 0 Å². The van der Waals surface area contributed by atoms with Gasteiger partial charge in [0.2, 0.25) is 11.8 Å². The number of nitrogens with one attached hydrogen (secondary N) is 3. The third-order valence-electron chi connectivity index (χ3n) is 5.66. The van der Waals surface area contributed by atoms with E-state index < -0.39 is 6.04 Å². The molecule has 2 amide bonds. The second kappa shape index (κ2) is 17.3. The van der Waals surface area contributed by atoms with Crippen LogP contribution in [0.15, 0.2) is 84.9 Å². The van der Waals surface area contributed by atoms with Crippen molar-refractivity contribution in [2.45, 2.75) is 25.4 Å². The molecule has 0 unspecified atom stereocenters. The third kappa shape index (κ3) is 11.1. The van der Waals surface area contributed by atoms with Crippen LogP contribution in [-0.2, 0) is 27.3 Å². The minimum absolute atomic E-state index is 0. The maximum atomic E-state index is 12.7. The molecule has 0 radical (unpaired) electrons. The summed E-state index contributed by atoms with van der Waals surface area (Å²) >= 11 is 0. The first-order valence-electron chi connectivity index (χ1n) is 12.4. The summed E-state index contributed by atoms with van der Waals surface area (Å²) in [6.07, 6.45) is 0.698. The SMILES string of the molecule is Cl.NCCOCCNC(=O)[C@H](Cc1ccccc1)NC(=O)CCNCc1ccc(-c2ccccc2)cc1. The number of halogens is 1. The smallest absolute Gasteiger partial charge is 0.243 e. The lowest BCUT2D eigenvalue weighted by molar-refractivity contribution is -0.129. The average molecular weight is 525 g/mol. The van der Waals surface area contributed by atoms with Crippen LogP contribution in [0.4, 0.5) is 0 Å². The van der Waals surface area contributed by atoms with E-state index in [1.165, 1.54) is 11.1 Å². The van der Waals surface area contributed by atoms with E-state index in [1.807, 2.05) is 48.5 Å². The fourth-order valence-corrected chi connectivity index (χ4v) is 3.76. The van der Waals surface area contributed by atoms with Gasteiger partial charge in [0.25, 0.3) is 0 Å². The van der Waals surface area contributed by atoms with E-state index in [0.717, 1.165) is 11.1 Å². The largest absolute Gasteiger partial charge is 0.378 e. The molecule has 0 saturated heterocycles. The molecule has 3 rings (SSSR count). The molecule has 198 valence electrons. The second-order valence-corrected chi connectivity index (χ2v) is 8.49. The van der Waals surface area contributed by atoms with Crippen LogP contribution >= 0.6 is 12.4 Å². The van der Waals surface area contributed by atoms with Crippen molar-refractivity contribution in [2.24, 2.45) is 5.73 Å². The van der Waals surface area contributed by atoms with Crippen molar-refractivity contribution in [3.05, 3.63) is 96.1 Å². The third-order valence-corrected chi connectivity index (χ3v) is 5.66. The van der Waals surface area contributed by atoms with Crippen molar-refractivity contribution in [2.75, 3.05) is 32.8 Å². The van der Waals surface area contributed by atoms with E-state index in [9.17, 15) is 9.59 Å². The zero-order valence-electron chi connectivity index (χ0n) is 21.0. The molecule has 0 saturated carbocycles. The van der Waals surface area contributed by atoms with Gasteiger partial charge in [-0.2, -0.15) is 0 Å². The Bertz CT molecular complexity index is 1050. The minimum Gasteiger partial charge on any atom is -0.378 e. The number of nitrogens with two attached hydrogens (primary N) is 1. The van der Waals surface area contributed by atoms with Gasteiger partial charge >= 0.3 is 0 Å². The van der Waals surface area contributed by atoms with Crippen LogP contribution in [0.1, 0.15) is 17.5 Å². The summed E-state index contributed by atoms with van der Waals surface area (Å²) in [5, 5.41) is 9.04. The second-order valence-electron chi connectivity index (χ2n) is 8.49. The fourth-order valence-electron chi connectivity index (χ4n) is 3.76. The highest BCUT2D eigenvalue weighted by molar-refractivity contribution is 5.88. The Balaban J connectivity index is 0.00000481. The topological polar surface area (TPSA) is 105 Å². The monoisotopic (exact) mass is 524 g/mol. The van der Waals surface area contributed by atoms with E-state index in [1.54, 1.807) is 0 Å². The maximum absolute atomic E-state index is 12.7. The zero-order valence-corrected chi connectivity index (χ0v) is 21.8. The predicted octanol–water partition coefficient (Wildman–Crippen LogP) is 3.07. The molecule has 37 heavy (non-hydrogen) atoms. The van der Waals surface area contributed by atoms with Gasteiger partial charge in [0.05, 0.1) is 13.2 Å². The summed E-state index contributed by atoms with van der Waals surface area (Å²) in [4.78, 5) is 25.3. The molecular formula is C29H37ClN4O3. The highest BCUT2D eigenvalue weighted by Gasteiger charge is 2.20. The van der Waals surface area contributed by atoms with Crippen LogP contribution in [0.3, 0.4) is 0 Å². The van der Waals surface area contributed by atoms with Gasteiger partial charge in [0.15, 0.2) is 0 Å². The number of carbonyl (C=O) groups excluding carboxylic acids is 2. The summed E-state index contributed by atoms with van der Waals surface area (Å²) in [6.45, 7) is 2.81. The number of hydrogen-bond donors (Lipinski definition) is 4. The van der Waals surface area contributed by atoms with Gasteiger partial charge in [0, 0.05) is 39.0 Å². The van der Waals surface area contributed by atoms with Crippen LogP contribution in [-0.4, -0.2) is 50.7 Å². The molecular weight excluding hydrogens is 488 g/mol. The normalized spacial score (nSPS) is 11.3. The van der Waals surface area contributed by atoms with Gasteiger partial charge in [-0.3, -0.25) is 9.59 Å². The fraction of sp³-hybridized carbons (Fsp3) is 0.310. The number of benzene rings is 3. The molecule has 0 aliphatic carbocycles. The highest BCUT2D eigenvalue weighted by atomic mass is 35.5. The molecule has 3 aromatic carbocycles. The lowest BCUT2D eigenvalue weighted by Crippen LogP contribution is -2.49. The summed E-state index contributed by atoms with van der Waals surface area (Å²) in [6, 6.07) is 27.6. The number of carbonyl (C=O) groups is 2. The molecule has 0 aliphatic heterocycles. The summed E-state index contributed by atoms with van der Waals surface area (Å²) < 4.78 is 5.31. The van der Waals surface area contributed by atoms with Crippen LogP contribution in [0.5, 0.6) is 0 Å². The Hall–Kier alpha value is -3.23. The van der Waals surface area contributed by atoms with Gasteiger partial charge in [-0.25, -0.2) is 0 Å². The molecule has 0 spiro atoms. The van der Waals surface area contributed by atoms with Crippen molar-refractivity contribution < 1.29 is 14.3 Å². The molecule has 0 fully saturated rings. The molecule has 0 aliphatic rings. The van der Waals surface area contributed by atoms with Crippen molar-refractivity contribution in [3.63, 3.8) is 0 Å². The van der Waals surface area contributed by atoms with Crippen molar-refractivity contribution in [1.29, 1.82) is 0 Å². The first-order chi connectivity index (χ1) is 17.7. The molecule has 0 bridgehead atoms. The Morgan fingerprint density at radius 3 is 2.11 bits per heavy atom. The van der Waals surface area contributed by atoms with Gasteiger partial charge < -0.3 is 26.4 Å². The van der Waals surface area contributed by atoms with Gasteiger partial charge in [0.1, 0.15) is 6.04 Å². The molecule has 7 nitrogen and oxygen atoms in total. The van der Waals surface area contributed by atoms with E-state index in [-0.39, 0.29) is 30.6 Å². The van der Waals surface area contributed by atoms with Gasteiger partial charge in [-0.05, 0) is 22.3 Å². The van der Waals surface area contributed by atoms with E-state index >= 15 is 0 Å². The lowest BCUT2D eigenvalue weighted by Gasteiger charge is -2.19. The standard InChI is InChI=1S/C29H36N4O3.ClH/c30-16-19-36-20-18-32-29(35)27(21-23-7-3-1-4-8-23)33-28(34)15-17-31-22-24-11-13-26(14-12-24)25-9-5-2-6-10-25;/h1-14,27,31H,15-22,30H2,(H,32,35)(H,33,34);1H/t27-;/m0./s1. The number of rotatable bonds is 15. The molecule has 8 heteroatoms. The summed E-state index contributed by atoms with van der Waals surface area (Å²) in [7, 11) is 0. The van der Waals surface area contributed by atoms with Crippen LogP contribution in [0.25, 0.3) is 11.1 Å². The van der Waals surface area contributed by atoms with Crippen molar-refractivity contribution >= 4 is 24.2 Å². The van der Waals surface area contributed by atoms with Gasteiger partial charge in [-0.15, -0.1) is 12.4 Å². The average Bonchev–Trinajstić information content (AvgIpc) is 2.92. The Labute approximate surface area is 225 Å². The zero-order chi connectivity index (χ0) is 25.4. The Morgan fingerprint density at radius 1 is 0.784 bits per heavy atom. The van der Waals surface area contributed by atoms with Gasteiger partial charge in [-0.1, -0.05) is 84.9 Å². The predicted molar refractivity (Wildman–Crippen MR) is 150 cm³/mol. The van der Waals surface area contributed by atoms with E-state index in [2.05, 4.69) is 52.3 Å². The quantitative estimate of drug-likeness (QED) is 0.229. The van der Waals surface area contributed by atoms with E-state index in [0.29, 0.717) is 45.8 Å². The van der Waals surface area contributed by atoms with Crippen molar-refractivity contribution in [3.8, 4) is 11.1 Å². The highest BCUT2D eigenvalue weighted by Crippen LogP contribution is 2.19.